The normalized spacial score (nSPS) is 10.6. The first-order valence-electron chi connectivity index (χ1n) is 6.28. The van der Waals surface area contributed by atoms with Crippen LogP contribution in [0.25, 0.3) is 23.0 Å². The molecule has 1 N–H and O–H groups in total. The van der Waals surface area contributed by atoms with E-state index in [2.05, 4.69) is 37.1 Å². The number of aryl methyl sites for hydroxylation is 2. The third-order valence-corrected chi connectivity index (χ3v) is 4.41. The summed E-state index contributed by atoms with van der Waals surface area (Å²) in [5.74, 6) is 0.890. The number of nitrogens with zero attached hydrogens (tertiary/aromatic N) is 3. The van der Waals surface area contributed by atoms with Crippen LogP contribution in [0.5, 0.6) is 0 Å². The number of aromatic amines is 1. The number of aromatic nitrogens is 3. The van der Waals surface area contributed by atoms with Crippen LogP contribution in [-0.2, 0) is 0 Å². The molecule has 6 heteroatoms. The molecule has 0 bridgehead atoms. The van der Waals surface area contributed by atoms with Crippen LogP contribution in [0.4, 0.5) is 0 Å². The van der Waals surface area contributed by atoms with E-state index < -0.39 is 0 Å². The molecule has 0 spiro atoms. The second kappa shape index (κ2) is 5.19. The van der Waals surface area contributed by atoms with Gasteiger partial charge in [0.05, 0.1) is 5.56 Å². The fourth-order valence-electron chi connectivity index (χ4n) is 2.11. The summed E-state index contributed by atoms with van der Waals surface area (Å²) in [6.45, 7) is 4.04. The first-order chi connectivity index (χ1) is 10.1. The molecule has 0 unspecified atom stereocenters. The molecule has 3 rings (SSSR count). The van der Waals surface area contributed by atoms with E-state index in [1.807, 2.05) is 26.0 Å². The van der Waals surface area contributed by atoms with E-state index in [9.17, 15) is 0 Å². The molecule has 0 aliphatic rings. The maximum atomic E-state index is 8.83. The third kappa shape index (κ3) is 2.48. The van der Waals surface area contributed by atoms with Gasteiger partial charge >= 0.3 is 0 Å². The average molecular weight is 343 g/mol. The molecule has 104 valence electrons. The smallest absolute Gasteiger partial charge is 0.274 e. The molecular weight excluding hydrogens is 332 g/mol. The molecule has 21 heavy (non-hydrogen) atoms. The molecule has 0 saturated heterocycles. The van der Waals surface area contributed by atoms with Crippen molar-refractivity contribution in [1.29, 1.82) is 5.26 Å². The van der Waals surface area contributed by atoms with E-state index in [4.69, 9.17) is 9.78 Å². The van der Waals surface area contributed by atoms with Crippen molar-refractivity contribution < 1.29 is 4.52 Å². The minimum absolute atomic E-state index is 0.365. The van der Waals surface area contributed by atoms with Gasteiger partial charge in [-0.1, -0.05) is 21.1 Å². The maximum Gasteiger partial charge on any atom is 0.274 e. The van der Waals surface area contributed by atoms with Crippen molar-refractivity contribution in [1.82, 2.24) is 15.1 Å². The van der Waals surface area contributed by atoms with Crippen molar-refractivity contribution in [3.05, 3.63) is 45.6 Å². The quantitative estimate of drug-likeness (QED) is 0.763. The Labute approximate surface area is 129 Å². The second-order valence-corrected chi connectivity index (χ2v) is 5.55. The number of rotatable bonds is 2. The zero-order chi connectivity index (χ0) is 15.0. The highest BCUT2D eigenvalue weighted by atomic mass is 79.9. The second-order valence-electron chi connectivity index (χ2n) is 4.76. The van der Waals surface area contributed by atoms with Crippen molar-refractivity contribution in [2.75, 3.05) is 0 Å². The minimum atomic E-state index is 0.365. The van der Waals surface area contributed by atoms with E-state index in [1.54, 1.807) is 12.3 Å². The van der Waals surface area contributed by atoms with E-state index in [-0.39, 0.29) is 0 Å². The van der Waals surface area contributed by atoms with Crippen LogP contribution in [0, 0.1) is 25.2 Å². The van der Waals surface area contributed by atoms with Crippen molar-refractivity contribution in [3.8, 4) is 29.0 Å². The van der Waals surface area contributed by atoms with Gasteiger partial charge < -0.3 is 9.51 Å². The van der Waals surface area contributed by atoms with Crippen LogP contribution < -0.4 is 0 Å². The van der Waals surface area contributed by atoms with Crippen LogP contribution >= 0.6 is 15.9 Å². The summed E-state index contributed by atoms with van der Waals surface area (Å²) in [5.41, 5.74) is 4.29. The summed E-state index contributed by atoms with van der Waals surface area (Å²) in [6.07, 6.45) is 1.60. The van der Waals surface area contributed by atoms with Crippen LogP contribution in [0.3, 0.4) is 0 Å². The van der Waals surface area contributed by atoms with Gasteiger partial charge in [-0.05, 0) is 43.2 Å². The molecule has 3 aromatic rings. The van der Waals surface area contributed by atoms with Crippen molar-refractivity contribution in [3.63, 3.8) is 0 Å². The molecule has 2 aromatic heterocycles. The molecule has 0 saturated carbocycles. The van der Waals surface area contributed by atoms with Crippen LogP contribution in [0.1, 0.15) is 16.7 Å². The number of nitriles is 1. The lowest BCUT2D eigenvalue weighted by atomic mass is 10.1. The number of H-pyrrole nitrogens is 1. The Morgan fingerprint density at radius 1 is 1.24 bits per heavy atom. The van der Waals surface area contributed by atoms with Crippen molar-refractivity contribution >= 4 is 15.9 Å². The van der Waals surface area contributed by atoms with Gasteiger partial charge in [0.25, 0.3) is 5.89 Å². The Morgan fingerprint density at radius 2 is 1.95 bits per heavy atom. The maximum absolute atomic E-state index is 8.83. The monoisotopic (exact) mass is 342 g/mol. The molecular formula is C15H11BrN4O. The number of halogens is 1. The van der Waals surface area contributed by atoms with E-state index >= 15 is 0 Å². The molecule has 1 aromatic carbocycles. The van der Waals surface area contributed by atoms with E-state index in [0.717, 1.165) is 21.2 Å². The first kappa shape index (κ1) is 13.6. The average Bonchev–Trinajstić information content (AvgIpc) is 3.12. The molecule has 0 radical (unpaired) electrons. The number of hydrogen-bond donors (Lipinski definition) is 1. The summed E-state index contributed by atoms with van der Waals surface area (Å²) >= 11 is 3.54. The Morgan fingerprint density at radius 3 is 2.57 bits per heavy atom. The molecule has 5 nitrogen and oxygen atoms in total. The van der Waals surface area contributed by atoms with Gasteiger partial charge in [-0.25, -0.2) is 0 Å². The fraction of sp³-hybridized carbons (Fsp3) is 0.133. The molecule has 0 aliphatic heterocycles. The topological polar surface area (TPSA) is 78.5 Å². The lowest BCUT2D eigenvalue weighted by molar-refractivity contribution is 0.431. The van der Waals surface area contributed by atoms with Crippen molar-refractivity contribution in [2.24, 2.45) is 0 Å². The van der Waals surface area contributed by atoms with E-state index in [1.165, 1.54) is 0 Å². The summed E-state index contributed by atoms with van der Waals surface area (Å²) in [6, 6.07) is 7.73. The molecule has 0 amide bonds. The highest BCUT2D eigenvalue weighted by molar-refractivity contribution is 9.10. The number of benzene rings is 1. The molecule has 2 heterocycles. The number of nitrogens with one attached hydrogen (secondary N) is 1. The fourth-order valence-corrected chi connectivity index (χ4v) is 2.34. The van der Waals surface area contributed by atoms with Gasteiger partial charge in [0.1, 0.15) is 11.8 Å². The van der Waals surface area contributed by atoms with Crippen molar-refractivity contribution in [2.45, 2.75) is 13.8 Å². The largest absolute Gasteiger partial charge is 0.356 e. The Kier molecular flexibility index (Phi) is 3.35. The SMILES string of the molecule is Cc1cc(-c2noc(-c3cc(C#N)c[nH]3)n2)cc(C)c1Br. The highest BCUT2D eigenvalue weighted by Crippen LogP contribution is 2.28. The standard InChI is InChI=1S/C15H11BrN4O/c1-8-3-11(4-9(2)13(8)16)14-19-15(21-20-14)12-5-10(6-17)7-18-12/h3-5,7,18H,1-2H3. The summed E-state index contributed by atoms with van der Waals surface area (Å²) in [5, 5.41) is 12.8. The van der Waals surface area contributed by atoms with Gasteiger partial charge in [0.2, 0.25) is 5.82 Å². The Hall–Kier alpha value is -2.39. The third-order valence-electron chi connectivity index (χ3n) is 3.16. The first-order valence-corrected chi connectivity index (χ1v) is 7.07. The summed E-state index contributed by atoms with van der Waals surface area (Å²) in [7, 11) is 0. The highest BCUT2D eigenvalue weighted by Gasteiger charge is 2.14. The summed E-state index contributed by atoms with van der Waals surface area (Å²) in [4.78, 5) is 7.32. The van der Waals surface area contributed by atoms with Gasteiger partial charge in [-0.3, -0.25) is 0 Å². The molecule has 0 aliphatic carbocycles. The number of hydrogen-bond acceptors (Lipinski definition) is 4. The predicted octanol–water partition coefficient (Wildman–Crippen LogP) is 3.98. The zero-order valence-electron chi connectivity index (χ0n) is 11.4. The van der Waals surface area contributed by atoms with Crippen LogP contribution in [0.2, 0.25) is 0 Å². The van der Waals surface area contributed by atoms with Gasteiger partial charge in [0, 0.05) is 16.2 Å². The lowest BCUT2D eigenvalue weighted by Gasteiger charge is -2.04. The molecule has 0 fully saturated rings. The predicted molar refractivity (Wildman–Crippen MR) is 81.4 cm³/mol. The van der Waals surface area contributed by atoms with Gasteiger partial charge in [-0.15, -0.1) is 0 Å². The lowest BCUT2D eigenvalue weighted by Crippen LogP contribution is -1.87. The Bertz CT molecular complexity index is 834. The van der Waals surface area contributed by atoms with Gasteiger partial charge in [-0.2, -0.15) is 10.2 Å². The van der Waals surface area contributed by atoms with Crippen LogP contribution in [0.15, 0.2) is 33.4 Å². The van der Waals surface area contributed by atoms with Crippen LogP contribution in [-0.4, -0.2) is 15.1 Å². The van der Waals surface area contributed by atoms with Gasteiger partial charge in [0.15, 0.2) is 0 Å². The zero-order valence-corrected chi connectivity index (χ0v) is 13.0. The minimum Gasteiger partial charge on any atom is -0.356 e. The van der Waals surface area contributed by atoms with E-state index in [0.29, 0.717) is 23.0 Å². The molecule has 0 atom stereocenters. The Balaban J connectivity index is 2.00. The summed E-state index contributed by atoms with van der Waals surface area (Å²) < 4.78 is 6.34.